The van der Waals surface area contributed by atoms with Crippen molar-refractivity contribution in [3.8, 4) is 0 Å². The lowest BCUT2D eigenvalue weighted by Crippen LogP contribution is -1.78. The second-order valence-corrected chi connectivity index (χ2v) is 1.76. The summed E-state index contributed by atoms with van der Waals surface area (Å²) in [6.07, 6.45) is 8.23. The topological polar surface area (TPSA) is 46.0 Å². The highest BCUT2D eigenvalue weighted by atomic mass is 16.2. The monoisotopic (exact) mass is 136 g/mol. The van der Waals surface area contributed by atoms with Crippen LogP contribution in [0.25, 0.3) is 6.08 Å². The van der Waals surface area contributed by atoms with Crippen LogP contribution < -0.4 is 0 Å². The molecule has 0 aliphatic carbocycles. The summed E-state index contributed by atoms with van der Waals surface area (Å²) in [6.45, 7) is 0.0505. The zero-order chi connectivity index (χ0) is 7.23. The van der Waals surface area contributed by atoms with Gasteiger partial charge in [0, 0.05) is 18.0 Å². The van der Waals surface area contributed by atoms with E-state index < -0.39 is 0 Å². The van der Waals surface area contributed by atoms with Crippen molar-refractivity contribution < 1.29 is 5.11 Å². The van der Waals surface area contributed by atoms with Crippen molar-refractivity contribution in [2.45, 2.75) is 0 Å². The molecule has 1 aromatic rings. The van der Waals surface area contributed by atoms with E-state index in [4.69, 9.17) is 5.11 Å². The van der Waals surface area contributed by atoms with Crippen molar-refractivity contribution in [2.75, 3.05) is 6.61 Å². The van der Waals surface area contributed by atoms with Gasteiger partial charge in [0.2, 0.25) is 0 Å². The standard InChI is InChI=1S/C7H8N2O/c10-3-1-2-7-4-8-6-9-5-7/h1-2,4-6,10H,3H2. The van der Waals surface area contributed by atoms with Gasteiger partial charge in [0.15, 0.2) is 0 Å². The number of nitrogens with zero attached hydrogens (tertiary/aromatic N) is 2. The molecule has 3 heteroatoms. The van der Waals surface area contributed by atoms with E-state index in [1.807, 2.05) is 0 Å². The van der Waals surface area contributed by atoms with Crippen molar-refractivity contribution in [3.05, 3.63) is 30.4 Å². The van der Waals surface area contributed by atoms with Crippen molar-refractivity contribution in [2.24, 2.45) is 0 Å². The molecular weight excluding hydrogens is 128 g/mol. The molecule has 1 heterocycles. The summed E-state index contributed by atoms with van der Waals surface area (Å²) in [5.74, 6) is 0. The highest BCUT2D eigenvalue weighted by molar-refractivity contribution is 5.45. The van der Waals surface area contributed by atoms with Crippen molar-refractivity contribution in [1.29, 1.82) is 0 Å². The van der Waals surface area contributed by atoms with Gasteiger partial charge in [-0.1, -0.05) is 12.2 Å². The maximum atomic E-state index is 8.40. The molecule has 0 aliphatic rings. The first-order valence-corrected chi connectivity index (χ1v) is 2.96. The first kappa shape index (κ1) is 6.89. The molecule has 0 atom stereocenters. The van der Waals surface area contributed by atoms with Gasteiger partial charge < -0.3 is 5.11 Å². The molecule has 0 spiro atoms. The fourth-order valence-corrected chi connectivity index (χ4v) is 0.585. The van der Waals surface area contributed by atoms with Crippen LogP contribution in [0.5, 0.6) is 0 Å². The van der Waals surface area contributed by atoms with Gasteiger partial charge in [-0.15, -0.1) is 0 Å². The van der Waals surface area contributed by atoms with E-state index in [0.29, 0.717) is 0 Å². The van der Waals surface area contributed by atoms with Crippen LogP contribution >= 0.6 is 0 Å². The van der Waals surface area contributed by atoms with Crippen LogP contribution in [0, 0.1) is 0 Å². The Morgan fingerprint density at radius 3 is 2.70 bits per heavy atom. The number of hydrogen-bond donors (Lipinski definition) is 1. The van der Waals surface area contributed by atoms with Crippen LogP contribution in [0.1, 0.15) is 5.56 Å². The Morgan fingerprint density at radius 1 is 1.40 bits per heavy atom. The van der Waals surface area contributed by atoms with E-state index in [1.165, 1.54) is 6.33 Å². The molecular formula is C7H8N2O. The average molecular weight is 136 g/mol. The van der Waals surface area contributed by atoms with Gasteiger partial charge in [-0.2, -0.15) is 0 Å². The molecule has 0 aromatic carbocycles. The highest BCUT2D eigenvalue weighted by Crippen LogP contribution is 1.94. The Kier molecular flexibility index (Phi) is 2.58. The van der Waals surface area contributed by atoms with E-state index in [2.05, 4.69) is 9.97 Å². The average Bonchev–Trinajstić information content (AvgIpc) is 2.03. The van der Waals surface area contributed by atoms with Crippen molar-refractivity contribution in [3.63, 3.8) is 0 Å². The maximum absolute atomic E-state index is 8.40. The minimum absolute atomic E-state index is 0.0505. The van der Waals surface area contributed by atoms with E-state index >= 15 is 0 Å². The van der Waals surface area contributed by atoms with Crippen LogP contribution in [-0.2, 0) is 0 Å². The number of hydrogen-bond acceptors (Lipinski definition) is 3. The van der Waals surface area contributed by atoms with Crippen LogP contribution in [-0.4, -0.2) is 21.7 Å². The maximum Gasteiger partial charge on any atom is 0.115 e. The SMILES string of the molecule is OCC=Cc1cncnc1. The van der Waals surface area contributed by atoms with Gasteiger partial charge in [-0.3, -0.25) is 0 Å². The van der Waals surface area contributed by atoms with Crippen LogP contribution in [0.2, 0.25) is 0 Å². The highest BCUT2D eigenvalue weighted by Gasteiger charge is 1.81. The number of aromatic nitrogens is 2. The summed E-state index contributed by atoms with van der Waals surface area (Å²) in [4.78, 5) is 7.59. The molecule has 1 aromatic heterocycles. The Labute approximate surface area is 59.1 Å². The molecule has 1 N–H and O–H groups in total. The van der Waals surface area contributed by atoms with Crippen molar-refractivity contribution in [1.82, 2.24) is 9.97 Å². The second-order valence-electron chi connectivity index (χ2n) is 1.76. The Balaban J connectivity index is 2.67. The Hall–Kier alpha value is -1.22. The molecule has 0 bridgehead atoms. The van der Waals surface area contributed by atoms with Crippen LogP contribution in [0.15, 0.2) is 24.8 Å². The number of rotatable bonds is 2. The molecule has 0 radical (unpaired) electrons. The van der Waals surface area contributed by atoms with E-state index in [0.717, 1.165) is 5.56 Å². The minimum Gasteiger partial charge on any atom is -0.392 e. The smallest absolute Gasteiger partial charge is 0.115 e. The Morgan fingerprint density at radius 2 is 2.10 bits per heavy atom. The normalized spacial score (nSPS) is 10.5. The minimum atomic E-state index is 0.0505. The number of aliphatic hydroxyl groups excluding tert-OH is 1. The fraction of sp³-hybridized carbons (Fsp3) is 0.143. The summed E-state index contributed by atoms with van der Waals surface area (Å²) < 4.78 is 0. The molecule has 1 rings (SSSR count). The lowest BCUT2D eigenvalue weighted by molar-refractivity contribution is 0.343. The predicted octanol–water partition coefficient (Wildman–Crippen LogP) is 0.482. The van der Waals surface area contributed by atoms with Crippen LogP contribution in [0.4, 0.5) is 0 Å². The lowest BCUT2D eigenvalue weighted by Gasteiger charge is -1.86. The molecule has 0 saturated heterocycles. The van der Waals surface area contributed by atoms with E-state index in [-0.39, 0.29) is 6.61 Å². The number of aliphatic hydroxyl groups is 1. The summed E-state index contributed by atoms with van der Waals surface area (Å²) in [7, 11) is 0. The van der Waals surface area contributed by atoms with Crippen molar-refractivity contribution >= 4 is 6.08 Å². The second kappa shape index (κ2) is 3.74. The zero-order valence-electron chi connectivity index (χ0n) is 5.44. The first-order valence-electron chi connectivity index (χ1n) is 2.96. The third kappa shape index (κ3) is 1.95. The van der Waals surface area contributed by atoms with Gasteiger partial charge in [0.25, 0.3) is 0 Å². The zero-order valence-corrected chi connectivity index (χ0v) is 5.44. The van der Waals surface area contributed by atoms with Gasteiger partial charge in [-0.05, 0) is 0 Å². The van der Waals surface area contributed by atoms with Gasteiger partial charge in [0.1, 0.15) is 6.33 Å². The first-order chi connectivity index (χ1) is 4.93. The van der Waals surface area contributed by atoms with Gasteiger partial charge >= 0.3 is 0 Å². The lowest BCUT2D eigenvalue weighted by atomic mass is 10.3. The van der Waals surface area contributed by atoms with Crippen LogP contribution in [0.3, 0.4) is 0 Å². The molecule has 10 heavy (non-hydrogen) atoms. The Bertz CT molecular complexity index is 208. The molecule has 0 amide bonds. The molecule has 0 aliphatic heterocycles. The molecule has 0 unspecified atom stereocenters. The third-order valence-electron chi connectivity index (χ3n) is 0.996. The van der Waals surface area contributed by atoms with E-state index in [1.54, 1.807) is 24.5 Å². The fourth-order valence-electron chi connectivity index (χ4n) is 0.585. The summed E-state index contributed by atoms with van der Waals surface area (Å²) >= 11 is 0. The van der Waals surface area contributed by atoms with Gasteiger partial charge in [0.05, 0.1) is 6.61 Å². The molecule has 3 nitrogen and oxygen atoms in total. The summed E-state index contributed by atoms with van der Waals surface area (Å²) in [5.41, 5.74) is 0.900. The molecule has 0 saturated carbocycles. The predicted molar refractivity (Wildman–Crippen MR) is 38.2 cm³/mol. The molecule has 52 valence electrons. The van der Waals surface area contributed by atoms with E-state index in [9.17, 15) is 0 Å². The quantitative estimate of drug-likeness (QED) is 0.643. The summed E-state index contributed by atoms with van der Waals surface area (Å²) in [6, 6.07) is 0. The van der Waals surface area contributed by atoms with Gasteiger partial charge in [-0.25, -0.2) is 9.97 Å². The third-order valence-corrected chi connectivity index (χ3v) is 0.996. The largest absolute Gasteiger partial charge is 0.392 e. The summed E-state index contributed by atoms with van der Waals surface area (Å²) in [5, 5.41) is 8.40. The molecule has 0 fully saturated rings.